The van der Waals surface area contributed by atoms with Crippen molar-refractivity contribution in [3.05, 3.63) is 30.3 Å². The van der Waals surface area contributed by atoms with Crippen LogP contribution in [0.25, 0.3) is 0 Å². The Morgan fingerprint density at radius 2 is 1.76 bits per heavy atom. The van der Waals surface area contributed by atoms with Crippen LogP contribution in [-0.2, 0) is 24.3 Å². The van der Waals surface area contributed by atoms with Crippen LogP contribution in [0.15, 0.2) is 30.3 Å². The molecule has 138 valence electrons. The predicted octanol–water partition coefficient (Wildman–Crippen LogP) is 1.25. The minimum absolute atomic E-state index is 0.296. The van der Waals surface area contributed by atoms with Gasteiger partial charge in [0.1, 0.15) is 0 Å². The van der Waals surface area contributed by atoms with Crippen LogP contribution in [0.2, 0.25) is 0 Å². The third-order valence-corrected chi connectivity index (χ3v) is 5.67. The summed E-state index contributed by atoms with van der Waals surface area (Å²) in [5.41, 5.74) is 0.719. The molecule has 1 aliphatic rings. The van der Waals surface area contributed by atoms with Crippen molar-refractivity contribution in [2.45, 2.75) is 25.9 Å². The zero-order valence-electron chi connectivity index (χ0n) is 14.7. The van der Waals surface area contributed by atoms with Gasteiger partial charge in [-0.15, -0.1) is 0 Å². The molecule has 0 aliphatic carbocycles. The number of ether oxygens (including phenoxy) is 1. The van der Waals surface area contributed by atoms with E-state index in [1.54, 1.807) is 26.1 Å². The van der Waals surface area contributed by atoms with Gasteiger partial charge in [0.05, 0.1) is 12.2 Å². The van der Waals surface area contributed by atoms with Crippen LogP contribution in [0.3, 0.4) is 0 Å². The summed E-state index contributed by atoms with van der Waals surface area (Å²) in [5, 5.41) is 0. The predicted molar refractivity (Wildman–Crippen MR) is 94.5 cm³/mol. The minimum atomic E-state index is -3.23. The Kier molecular flexibility index (Phi) is 6.18. The Morgan fingerprint density at radius 1 is 1.20 bits per heavy atom. The van der Waals surface area contributed by atoms with Crippen molar-refractivity contribution in [1.29, 1.82) is 0 Å². The molecule has 0 bridgehead atoms. The van der Waals surface area contributed by atoms with Gasteiger partial charge in [-0.05, 0) is 31.9 Å². The average Bonchev–Trinajstić information content (AvgIpc) is 2.60. The minimum Gasteiger partial charge on any atom is -0.452 e. The monoisotopic (exact) mass is 368 g/mol. The van der Waals surface area contributed by atoms with Crippen molar-refractivity contribution in [3.8, 4) is 0 Å². The molecule has 1 heterocycles. The number of esters is 1. The van der Waals surface area contributed by atoms with Crippen molar-refractivity contribution in [2.75, 3.05) is 31.3 Å². The van der Waals surface area contributed by atoms with Gasteiger partial charge in [0.15, 0.2) is 6.10 Å². The van der Waals surface area contributed by atoms with Gasteiger partial charge in [-0.25, -0.2) is 12.7 Å². The number of nitrogens with zero attached hydrogens (tertiary/aromatic N) is 2. The molecule has 0 radical (unpaired) electrons. The van der Waals surface area contributed by atoms with E-state index in [2.05, 4.69) is 0 Å². The number of likely N-dealkylation sites (N-methyl/N-ethyl adjacent to an activating group) is 1. The fourth-order valence-corrected chi connectivity index (χ4v) is 3.67. The normalized spacial score (nSPS) is 17.7. The lowest BCUT2D eigenvalue weighted by molar-refractivity contribution is -0.159. The highest BCUT2D eigenvalue weighted by Crippen LogP contribution is 2.21. The zero-order valence-corrected chi connectivity index (χ0v) is 15.5. The Morgan fingerprint density at radius 3 is 2.28 bits per heavy atom. The van der Waals surface area contributed by atoms with E-state index in [1.165, 1.54) is 9.21 Å². The van der Waals surface area contributed by atoms with Crippen molar-refractivity contribution in [1.82, 2.24) is 4.31 Å². The number of para-hydroxylation sites is 1. The smallest absolute Gasteiger partial charge is 0.309 e. The largest absolute Gasteiger partial charge is 0.452 e. The second-order valence-corrected chi connectivity index (χ2v) is 8.23. The van der Waals surface area contributed by atoms with Gasteiger partial charge < -0.3 is 9.64 Å². The first-order valence-electron chi connectivity index (χ1n) is 8.18. The topological polar surface area (TPSA) is 84.0 Å². The number of carbonyl (C=O) groups is 2. The fourth-order valence-electron chi connectivity index (χ4n) is 2.80. The molecule has 1 atom stereocenters. The number of hydrogen-bond acceptors (Lipinski definition) is 5. The van der Waals surface area contributed by atoms with Crippen LogP contribution in [-0.4, -0.2) is 57.1 Å². The molecule has 1 amide bonds. The van der Waals surface area contributed by atoms with Gasteiger partial charge in [-0.1, -0.05) is 18.2 Å². The molecule has 25 heavy (non-hydrogen) atoms. The fraction of sp³-hybridized carbons (Fsp3) is 0.529. The van der Waals surface area contributed by atoms with Crippen molar-refractivity contribution in [3.63, 3.8) is 0 Å². The lowest BCUT2D eigenvalue weighted by Gasteiger charge is -2.30. The number of hydrogen-bond donors (Lipinski definition) is 0. The molecule has 8 heteroatoms. The van der Waals surface area contributed by atoms with Crippen LogP contribution >= 0.6 is 0 Å². The molecule has 1 fully saturated rings. The van der Waals surface area contributed by atoms with Gasteiger partial charge in [0.25, 0.3) is 5.91 Å². The number of sulfonamides is 1. The van der Waals surface area contributed by atoms with Crippen LogP contribution < -0.4 is 4.90 Å². The Balaban J connectivity index is 1.89. The lowest BCUT2D eigenvalue weighted by atomic mass is 9.98. The van der Waals surface area contributed by atoms with Crippen molar-refractivity contribution >= 4 is 27.6 Å². The lowest BCUT2D eigenvalue weighted by Crippen LogP contribution is -2.42. The second kappa shape index (κ2) is 7.97. The number of rotatable bonds is 5. The van der Waals surface area contributed by atoms with E-state index < -0.39 is 22.1 Å². The summed E-state index contributed by atoms with van der Waals surface area (Å²) in [4.78, 5) is 26.1. The summed E-state index contributed by atoms with van der Waals surface area (Å²) in [6.07, 6.45) is 1.07. The first-order valence-corrected chi connectivity index (χ1v) is 10.0. The molecule has 0 saturated carbocycles. The maximum Gasteiger partial charge on any atom is 0.309 e. The number of amides is 1. The molecule has 7 nitrogen and oxygen atoms in total. The molecule has 0 unspecified atom stereocenters. The van der Waals surface area contributed by atoms with Crippen LogP contribution in [0.1, 0.15) is 19.8 Å². The third-order valence-electron chi connectivity index (χ3n) is 4.37. The molecule has 2 rings (SSSR count). The zero-order chi connectivity index (χ0) is 18.6. The first kappa shape index (κ1) is 19.4. The Hall–Kier alpha value is -1.93. The summed E-state index contributed by atoms with van der Waals surface area (Å²) in [7, 11) is -1.60. The highest BCUT2D eigenvalue weighted by Gasteiger charge is 2.32. The molecular formula is C17H24N2O5S. The third kappa shape index (κ3) is 5.02. The number of piperidine rings is 1. The maximum atomic E-state index is 12.4. The van der Waals surface area contributed by atoms with Gasteiger partial charge >= 0.3 is 5.97 Å². The molecule has 1 aromatic carbocycles. The summed E-state index contributed by atoms with van der Waals surface area (Å²) in [6, 6.07) is 9.10. The Labute approximate surface area is 148 Å². The summed E-state index contributed by atoms with van der Waals surface area (Å²) < 4.78 is 29.7. The highest BCUT2D eigenvalue weighted by atomic mass is 32.2. The summed E-state index contributed by atoms with van der Waals surface area (Å²) >= 11 is 0. The second-order valence-electron chi connectivity index (χ2n) is 6.25. The average molecular weight is 368 g/mol. The van der Waals surface area contributed by atoms with Crippen LogP contribution in [0.5, 0.6) is 0 Å². The van der Waals surface area contributed by atoms with Crippen LogP contribution in [0.4, 0.5) is 5.69 Å². The number of benzene rings is 1. The Bertz CT molecular complexity index is 712. The van der Waals surface area contributed by atoms with E-state index in [9.17, 15) is 18.0 Å². The van der Waals surface area contributed by atoms with Crippen LogP contribution in [0, 0.1) is 5.92 Å². The maximum absolute atomic E-state index is 12.4. The van der Waals surface area contributed by atoms with E-state index in [-0.39, 0.29) is 11.8 Å². The van der Waals surface area contributed by atoms with Gasteiger partial charge in [0.2, 0.25) is 10.0 Å². The molecule has 0 N–H and O–H groups in total. The quantitative estimate of drug-likeness (QED) is 0.731. The highest BCUT2D eigenvalue weighted by molar-refractivity contribution is 7.88. The molecular weight excluding hydrogens is 344 g/mol. The summed E-state index contributed by atoms with van der Waals surface area (Å²) in [5.74, 6) is -1.14. The van der Waals surface area contributed by atoms with E-state index in [4.69, 9.17) is 4.74 Å². The summed E-state index contributed by atoms with van der Waals surface area (Å²) in [6.45, 7) is 2.14. The van der Waals surface area contributed by atoms with Crippen molar-refractivity contribution < 1.29 is 22.7 Å². The van der Waals surface area contributed by atoms with E-state index in [1.807, 2.05) is 18.2 Å². The molecule has 1 saturated heterocycles. The number of carbonyl (C=O) groups excluding carboxylic acids is 2. The van der Waals surface area contributed by atoms with E-state index in [0.717, 1.165) is 11.9 Å². The first-order chi connectivity index (χ1) is 11.7. The van der Waals surface area contributed by atoms with Crippen molar-refractivity contribution in [2.24, 2.45) is 5.92 Å². The van der Waals surface area contributed by atoms with Gasteiger partial charge in [0, 0.05) is 25.8 Å². The van der Waals surface area contributed by atoms with Gasteiger partial charge in [-0.2, -0.15) is 0 Å². The standard InChI is InChI=1S/C17H24N2O5S/c1-13(16(20)18(2)15-7-5-4-6-8-15)24-17(21)14-9-11-19(12-10-14)25(3,22)23/h4-8,13-14H,9-12H2,1-3H3/t13-/m1/s1. The molecule has 1 aromatic rings. The van der Waals surface area contributed by atoms with E-state index in [0.29, 0.717) is 25.9 Å². The molecule has 1 aliphatic heterocycles. The van der Waals surface area contributed by atoms with Gasteiger partial charge in [-0.3, -0.25) is 9.59 Å². The number of anilines is 1. The SMILES string of the molecule is C[C@@H](OC(=O)C1CCN(S(C)(=O)=O)CC1)C(=O)N(C)c1ccccc1. The molecule has 0 aromatic heterocycles. The molecule has 0 spiro atoms. The van der Waals surface area contributed by atoms with E-state index >= 15 is 0 Å².